The van der Waals surface area contributed by atoms with Crippen LogP contribution in [0.25, 0.3) is 11.1 Å². The molecule has 2 N–H and O–H groups in total. The summed E-state index contributed by atoms with van der Waals surface area (Å²) in [4.78, 5) is 0. The highest BCUT2D eigenvalue weighted by atomic mass is 14.6. The third-order valence-electron chi connectivity index (χ3n) is 6.07. The quantitative estimate of drug-likeness (QED) is 0.573. The van der Waals surface area contributed by atoms with Gasteiger partial charge in [0.15, 0.2) is 0 Å². The maximum absolute atomic E-state index is 6.17. The number of aryl methyl sites for hydroxylation is 2. The van der Waals surface area contributed by atoms with Gasteiger partial charge < -0.3 is 5.73 Å². The second-order valence-electron chi connectivity index (χ2n) is 8.40. The van der Waals surface area contributed by atoms with Crippen molar-refractivity contribution in [2.24, 2.45) is 23.5 Å². The van der Waals surface area contributed by atoms with E-state index in [4.69, 9.17) is 5.73 Å². The SMILES string of the molecule is CCCC(Cc1ccc(-c2cc(C)cc(C)c2)cc1)C(C)C(C)C(C)N. The molecule has 0 fully saturated rings. The topological polar surface area (TPSA) is 26.0 Å². The first-order chi connectivity index (χ1) is 12.3. The van der Waals surface area contributed by atoms with Crippen LogP contribution in [0.3, 0.4) is 0 Å². The van der Waals surface area contributed by atoms with Crippen molar-refractivity contribution >= 4 is 0 Å². The van der Waals surface area contributed by atoms with Crippen molar-refractivity contribution < 1.29 is 0 Å². The Kier molecular flexibility index (Phi) is 7.46. The summed E-state index contributed by atoms with van der Waals surface area (Å²) in [5.74, 6) is 1.91. The van der Waals surface area contributed by atoms with Crippen molar-refractivity contribution in [2.75, 3.05) is 0 Å². The summed E-state index contributed by atoms with van der Waals surface area (Å²) in [7, 11) is 0. The van der Waals surface area contributed by atoms with Gasteiger partial charge in [0.1, 0.15) is 0 Å². The van der Waals surface area contributed by atoms with Crippen molar-refractivity contribution in [2.45, 2.75) is 66.8 Å². The summed E-state index contributed by atoms with van der Waals surface area (Å²) in [5.41, 5.74) is 12.9. The third-order valence-corrected chi connectivity index (χ3v) is 6.07. The van der Waals surface area contributed by atoms with E-state index < -0.39 is 0 Å². The van der Waals surface area contributed by atoms with Crippen LogP contribution in [0.2, 0.25) is 0 Å². The molecule has 0 aliphatic rings. The van der Waals surface area contributed by atoms with Gasteiger partial charge in [-0.15, -0.1) is 0 Å². The van der Waals surface area contributed by atoms with Crippen LogP contribution in [0.1, 0.15) is 57.2 Å². The molecular weight excluding hydrogens is 314 g/mol. The van der Waals surface area contributed by atoms with Gasteiger partial charge in [-0.25, -0.2) is 0 Å². The lowest BCUT2D eigenvalue weighted by Gasteiger charge is -2.31. The summed E-state index contributed by atoms with van der Waals surface area (Å²) in [6.45, 7) is 13.5. The summed E-state index contributed by atoms with van der Waals surface area (Å²) in [6.07, 6.45) is 3.66. The fraction of sp³-hybridized carbons (Fsp3) is 0.520. The maximum atomic E-state index is 6.17. The van der Waals surface area contributed by atoms with Gasteiger partial charge >= 0.3 is 0 Å². The van der Waals surface area contributed by atoms with Crippen molar-refractivity contribution in [3.05, 3.63) is 59.2 Å². The number of nitrogens with two attached hydrogens (primary N) is 1. The molecule has 0 aromatic heterocycles. The number of hydrogen-bond donors (Lipinski definition) is 1. The number of hydrogen-bond acceptors (Lipinski definition) is 1. The Morgan fingerprint density at radius 2 is 1.38 bits per heavy atom. The Bertz CT molecular complexity index is 664. The Balaban J connectivity index is 2.15. The molecule has 2 aromatic carbocycles. The van der Waals surface area contributed by atoms with E-state index in [0.717, 1.165) is 6.42 Å². The first-order valence-electron chi connectivity index (χ1n) is 10.2. The monoisotopic (exact) mass is 351 g/mol. The zero-order chi connectivity index (χ0) is 19.3. The molecule has 0 aliphatic heterocycles. The molecule has 0 bridgehead atoms. The molecule has 2 aromatic rings. The van der Waals surface area contributed by atoms with Gasteiger partial charge in [0.05, 0.1) is 0 Å². The molecule has 0 saturated carbocycles. The predicted octanol–water partition coefficient (Wildman–Crippen LogP) is 6.55. The van der Waals surface area contributed by atoms with E-state index in [1.807, 2.05) is 0 Å². The second kappa shape index (κ2) is 9.37. The molecule has 0 aliphatic carbocycles. The van der Waals surface area contributed by atoms with Crippen molar-refractivity contribution in [3.63, 3.8) is 0 Å². The second-order valence-corrected chi connectivity index (χ2v) is 8.40. The van der Waals surface area contributed by atoms with Gasteiger partial charge in [0.2, 0.25) is 0 Å². The Morgan fingerprint density at radius 3 is 1.88 bits per heavy atom. The maximum Gasteiger partial charge on any atom is 0.00387 e. The third kappa shape index (κ3) is 5.45. The highest BCUT2D eigenvalue weighted by Gasteiger charge is 2.24. The molecule has 2 rings (SSSR count). The lowest BCUT2D eigenvalue weighted by molar-refractivity contribution is 0.222. The van der Waals surface area contributed by atoms with E-state index in [1.54, 1.807) is 0 Å². The van der Waals surface area contributed by atoms with Gasteiger partial charge in [-0.3, -0.25) is 0 Å². The van der Waals surface area contributed by atoms with Crippen LogP contribution in [0.4, 0.5) is 0 Å². The van der Waals surface area contributed by atoms with Gasteiger partial charge in [0, 0.05) is 6.04 Å². The van der Waals surface area contributed by atoms with Gasteiger partial charge in [-0.1, -0.05) is 87.2 Å². The molecule has 0 heterocycles. The van der Waals surface area contributed by atoms with Crippen LogP contribution >= 0.6 is 0 Å². The Labute approximate surface area is 161 Å². The lowest BCUT2D eigenvalue weighted by atomic mass is 9.76. The molecule has 4 unspecified atom stereocenters. The minimum absolute atomic E-state index is 0.260. The molecule has 26 heavy (non-hydrogen) atoms. The normalized spacial score (nSPS) is 16.1. The summed E-state index contributed by atoms with van der Waals surface area (Å²) in [6, 6.07) is 16.2. The van der Waals surface area contributed by atoms with Gasteiger partial charge in [-0.2, -0.15) is 0 Å². The lowest BCUT2D eigenvalue weighted by Crippen LogP contribution is -2.33. The zero-order valence-corrected chi connectivity index (χ0v) is 17.5. The van der Waals surface area contributed by atoms with Crippen LogP contribution in [0.5, 0.6) is 0 Å². The molecular formula is C25H37N. The van der Waals surface area contributed by atoms with Crippen LogP contribution in [-0.4, -0.2) is 6.04 Å². The average Bonchev–Trinajstić information content (AvgIpc) is 2.59. The van der Waals surface area contributed by atoms with Crippen LogP contribution < -0.4 is 5.73 Å². The minimum Gasteiger partial charge on any atom is -0.328 e. The molecule has 1 heteroatoms. The smallest absolute Gasteiger partial charge is 0.00387 e. The minimum atomic E-state index is 0.260. The van der Waals surface area contributed by atoms with Crippen LogP contribution in [0, 0.1) is 31.6 Å². The molecule has 0 radical (unpaired) electrons. The predicted molar refractivity (Wildman–Crippen MR) is 115 cm³/mol. The summed E-state index contributed by atoms with van der Waals surface area (Å²) < 4.78 is 0. The number of benzene rings is 2. The van der Waals surface area contributed by atoms with E-state index in [0.29, 0.717) is 17.8 Å². The summed E-state index contributed by atoms with van der Waals surface area (Å²) >= 11 is 0. The fourth-order valence-electron chi connectivity index (χ4n) is 4.11. The van der Waals surface area contributed by atoms with E-state index in [1.165, 1.54) is 40.7 Å². The van der Waals surface area contributed by atoms with Crippen molar-refractivity contribution in [3.8, 4) is 11.1 Å². The number of rotatable bonds is 8. The van der Waals surface area contributed by atoms with E-state index >= 15 is 0 Å². The van der Waals surface area contributed by atoms with Gasteiger partial charge in [0.25, 0.3) is 0 Å². The van der Waals surface area contributed by atoms with Crippen LogP contribution in [-0.2, 0) is 6.42 Å². The van der Waals surface area contributed by atoms with E-state index in [2.05, 4.69) is 84.0 Å². The van der Waals surface area contributed by atoms with Crippen molar-refractivity contribution in [1.82, 2.24) is 0 Å². The largest absolute Gasteiger partial charge is 0.328 e. The molecule has 0 saturated heterocycles. The summed E-state index contributed by atoms with van der Waals surface area (Å²) in [5, 5.41) is 0. The first-order valence-corrected chi connectivity index (χ1v) is 10.2. The molecule has 1 nitrogen and oxygen atoms in total. The van der Waals surface area contributed by atoms with E-state index in [-0.39, 0.29) is 6.04 Å². The van der Waals surface area contributed by atoms with Crippen LogP contribution in [0.15, 0.2) is 42.5 Å². The molecule has 4 atom stereocenters. The standard InChI is InChI=1S/C25H37N/c1-7-8-24(20(5)19(4)21(6)26)16-22-9-11-23(12-10-22)25-14-17(2)13-18(3)15-25/h9-15,19-21,24H,7-8,16,26H2,1-6H3. The van der Waals surface area contributed by atoms with E-state index in [9.17, 15) is 0 Å². The Morgan fingerprint density at radius 1 is 0.808 bits per heavy atom. The highest BCUT2D eigenvalue weighted by molar-refractivity contribution is 5.65. The zero-order valence-electron chi connectivity index (χ0n) is 17.5. The average molecular weight is 352 g/mol. The Hall–Kier alpha value is -1.60. The molecule has 142 valence electrons. The fourth-order valence-corrected chi connectivity index (χ4v) is 4.11. The highest BCUT2D eigenvalue weighted by Crippen LogP contribution is 2.30. The first kappa shape index (κ1) is 20.7. The molecule has 0 spiro atoms. The molecule has 0 amide bonds. The van der Waals surface area contributed by atoms with Crippen molar-refractivity contribution in [1.29, 1.82) is 0 Å². The van der Waals surface area contributed by atoms with Gasteiger partial charge in [-0.05, 0) is 61.6 Å².